The van der Waals surface area contributed by atoms with Crippen molar-refractivity contribution >= 4 is 29.6 Å². The molecule has 13 heteroatoms. The maximum Gasteiger partial charge on any atom is 0.328 e. The van der Waals surface area contributed by atoms with Crippen LogP contribution in [0.4, 0.5) is 0 Å². The van der Waals surface area contributed by atoms with E-state index in [4.69, 9.17) is 11.5 Å². The maximum atomic E-state index is 13.4. The molecule has 2 rings (SSSR count). The molecule has 6 unspecified atom stereocenters. The number of carbonyl (C=O) groups is 5. The Kier molecular flexibility index (Phi) is 13.0. The van der Waals surface area contributed by atoms with Crippen molar-refractivity contribution in [2.45, 2.75) is 76.2 Å². The van der Waals surface area contributed by atoms with Gasteiger partial charge in [-0.25, -0.2) is 4.79 Å². The van der Waals surface area contributed by atoms with Gasteiger partial charge in [-0.05, 0) is 37.3 Å². The number of aliphatic hydroxyl groups excluding tert-OH is 1. The first-order valence-corrected chi connectivity index (χ1v) is 13.5. The standard InChI is InChI=1S/C27H42N6O7/c1-3-16(2)23(26(38)31-20(15-34)27(39)40)32-25(37)21-10-7-11-33(21)14-18(12-17-8-5-4-6-9-17)30-24(36)19(28)13-22(29)35/h4-6,8-9,16,18-21,23,34H,3,7,10-15,28H2,1-2H3,(H2,29,35)(H,30,36)(H,31,38)(H,32,37)(H,39,40). The summed E-state index contributed by atoms with van der Waals surface area (Å²) in [6, 6.07) is 4.88. The second-order valence-electron chi connectivity index (χ2n) is 10.3. The molecule has 1 aliphatic heterocycles. The zero-order valence-corrected chi connectivity index (χ0v) is 23.0. The normalized spacial score (nSPS) is 19.1. The molecule has 0 bridgehead atoms. The van der Waals surface area contributed by atoms with Crippen molar-refractivity contribution in [1.29, 1.82) is 0 Å². The fourth-order valence-electron chi connectivity index (χ4n) is 4.70. The van der Waals surface area contributed by atoms with Gasteiger partial charge in [0.05, 0.1) is 25.1 Å². The van der Waals surface area contributed by atoms with Crippen LogP contribution in [-0.4, -0.2) is 94.6 Å². The van der Waals surface area contributed by atoms with Gasteiger partial charge in [0.25, 0.3) is 0 Å². The molecule has 1 saturated heterocycles. The molecule has 1 heterocycles. The molecule has 222 valence electrons. The molecule has 0 radical (unpaired) electrons. The highest BCUT2D eigenvalue weighted by Crippen LogP contribution is 2.20. The third kappa shape index (κ3) is 9.88. The largest absolute Gasteiger partial charge is 0.480 e. The number of hydrogen-bond donors (Lipinski definition) is 7. The Morgan fingerprint density at radius 3 is 2.33 bits per heavy atom. The summed E-state index contributed by atoms with van der Waals surface area (Å²) in [5.41, 5.74) is 12.0. The lowest BCUT2D eigenvalue weighted by Crippen LogP contribution is -2.58. The fourth-order valence-corrected chi connectivity index (χ4v) is 4.70. The van der Waals surface area contributed by atoms with Gasteiger partial charge >= 0.3 is 5.97 Å². The summed E-state index contributed by atoms with van der Waals surface area (Å²) in [5.74, 6) is -3.97. The van der Waals surface area contributed by atoms with E-state index >= 15 is 0 Å². The van der Waals surface area contributed by atoms with Gasteiger partial charge in [0.2, 0.25) is 23.6 Å². The van der Waals surface area contributed by atoms with Gasteiger partial charge in [0.15, 0.2) is 0 Å². The molecule has 1 aromatic carbocycles. The molecule has 6 atom stereocenters. The van der Waals surface area contributed by atoms with Gasteiger partial charge in [-0.3, -0.25) is 24.1 Å². The van der Waals surface area contributed by atoms with Crippen molar-refractivity contribution in [3.8, 4) is 0 Å². The van der Waals surface area contributed by atoms with Gasteiger partial charge < -0.3 is 37.6 Å². The lowest BCUT2D eigenvalue weighted by atomic mass is 9.97. The molecule has 0 aliphatic carbocycles. The van der Waals surface area contributed by atoms with Crippen molar-refractivity contribution in [3.05, 3.63) is 35.9 Å². The average molecular weight is 563 g/mol. The highest BCUT2D eigenvalue weighted by molar-refractivity contribution is 5.92. The van der Waals surface area contributed by atoms with Crippen LogP contribution in [0.25, 0.3) is 0 Å². The minimum Gasteiger partial charge on any atom is -0.480 e. The topological polar surface area (TPSA) is 217 Å². The highest BCUT2D eigenvalue weighted by Gasteiger charge is 2.36. The van der Waals surface area contributed by atoms with E-state index in [2.05, 4.69) is 16.0 Å². The Bertz CT molecular complexity index is 1020. The molecule has 40 heavy (non-hydrogen) atoms. The Balaban J connectivity index is 2.17. The van der Waals surface area contributed by atoms with E-state index in [0.717, 1.165) is 12.0 Å². The third-order valence-corrected chi connectivity index (χ3v) is 7.14. The number of aliphatic carboxylic acids is 1. The average Bonchev–Trinajstić information content (AvgIpc) is 3.37. The van der Waals surface area contributed by atoms with Crippen LogP contribution in [0.5, 0.6) is 0 Å². The number of rotatable bonds is 16. The number of nitrogens with zero attached hydrogens (tertiary/aromatic N) is 1. The first kappa shape index (κ1) is 32.7. The number of nitrogens with two attached hydrogens (primary N) is 2. The maximum absolute atomic E-state index is 13.4. The first-order valence-electron chi connectivity index (χ1n) is 13.5. The van der Waals surface area contributed by atoms with Crippen molar-refractivity contribution < 1.29 is 34.2 Å². The van der Waals surface area contributed by atoms with E-state index in [1.54, 1.807) is 6.92 Å². The molecular formula is C27H42N6O7. The van der Waals surface area contributed by atoms with Gasteiger partial charge in [0.1, 0.15) is 12.1 Å². The Labute approximate surface area is 234 Å². The number of amides is 4. The monoisotopic (exact) mass is 562 g/mol. The van der Waals surface area contributed by atoms with Gasteiger partial charge in [-0.1, -0.05) is 50.6 Å². The summed E-state index contributed by atoms with van der Waals surface area (Å²) in [4.78, 5) is 63.5. The zero-order valence-electron chi connectivity index (χ0n) is 23.0. The van der Waals surface area contributed by atoms with Crippen molar-refractivity contribution in [3.63, 3.8) is 0 Å². The summed E-state index contributed by atoms with van der Waals surface area (Å²) in [5, 5.41) is 26.4. The summed E-state index contributed by atoms with van der Waals surface area (Å²) in [7, 11) is 0. The molecule has 4 amide bonds. The Hall–Kier alpha value is -3.55. The van der Waals surface area contributed by atoms with Crippen LogP contribution in [0.15, 0.2) is 30.3 Å². The number of carboxylic acid groups (broad SMARTS) is 1. The summed E-state index contributed by atoms with van der Waals surface area (Å²) < 4.78 is 0. The van der Waals surface area contributed by atoms with Gasteiger partial charge in [0, 0.05) is 12.6 Å². The predicted molar refractivity (Wildman–Crippen MR) is 146 cm³/mol. The Morgan fingerprint density at radius 1 is 1.07 bits per heavy atom. The van der Waals surface area contributed by atoms with Crippen LogP contribution in [0, 0.1) is 5.92 Å². The van der Waals surface area contributed by atoms with E-state index in [1.165, 1.54) is 0 Å². The van der Waals surface area contributed by atoms with Crippen molar-refractivity contribution in [2.75, 3.05) is 19.7 Å². The van der Waals surface area contributed by atoms with E-state index in [0.29, 0.717) is 32.4 Å². The lowest BCUT2D eigenvalue weighted by molar-refractivity contribution is -0.143. The quantitative estimate of drug-likeness (QED) is 0.124. The molecule has 0 aromatic heterocycles. The predicted octanol–water partition coefficient (Wildman–Crippen LogP) is -1.53. The van der Waals surface area contributed by atoms with Crippen LogP contribution in [0.3, 0.4) is 0 Å². The minimum absolute atomic E-state index is 0.295. The van der Waals surface area contributed by atoms with E-state index < -0.39 is 60.5 Å². The van der Waals surface area contributed by atoms with E-state index in [-0.39, 0.29) is 18.2 Å². The second-order valence-corrected chi connectivity index (χ2v) is 10.3. The van der Waals surface area contributed by atoms with Crippen LogP contribution >= 0.6 is 0 Å². The number of nitrogens with one attached hydrogen (secondary N) is 3. The molecule has 1 aromatic rings. The minimum atomic E-state index is -1.48. The number of benzene rings is 1. The molecular weight excluding hydrogens is 520 g/mol. The van der Waals surface area contributed by atoms with Crippen LogP contribution in [0.1, 0.15) is 45.1 Å². The molecule has 0 spiro atoms. The smallest absolute Gasteiger partial charge is 0.328 e. The summed E-state index contributed by atoms with van der Waals surface area (Å²) in [6.45, 7) is 3.73. The SMILES string of the molecule is CCC(C)C(NC(=O)C1CCCN1CC(Cc1ccccc1)NC(=O)C(N)CC(N)=O)C(=O)NC(CO)C(=O)O. The van der Waals surface area contributed by atoms with Crippen molar-refractivity contribution in [1.82, 2.24) is 20.9 Å². The van der Waals surface area contributed by atoms with Gasteiger partial charge in [-0.2, -0.15) is 0 Å². The van der Waals surface area contributed by atoms with Crippen LogP contribution < -0.4 is 27.4 Å². The Morgan fingerprint density at radius 2 is 1.75 bits per heavy atom. The number of likely N-dealkylation sites (tertiary alicyclic amines) is 1. The molecule has 1 fully saturated rings. The number of aliphatic hydroxyl groups is 1. The number of primary amides is 1. The third-order valence-electron chi connectivity index (χ3n) is 7.14. The van der Waals surface area contributed by atoms with Crippen LogP contribution in [0.2, 0.25) is 0 Å². The molecule has 13 nitrogen and oxygen atoms in total. The molecule has 1 aliphatic rings. The van der Waals surface area contributed by atoms with Crippen molar-refractivity contribution in [2.24, 2.45) is 17.4 Å². The number of carbonyl (C=O) groups excluding carboxylic acids is 4. The highest BCUT2D eigenvalue weighted by atomic mass is 16.4. The first-order chi connectivity index (χ1) is 19.0. The van der Waals surface area contributed by atoms with Crippen LogP contribution in [-0.2, 0) is 30.4 Å². The molecule has 0 saturated carbocycles. The molecule has 9 N–H and O–H groups in total. The second kappa shape index (κ2) is 15.9. The van der Waals surface area contributed by atoms with E-state index in [9.17, 15) is 34.2 Å². The summed E-state index contributed by atoms with van der Waals surface area (Å²) in [6.07, 6.45) is 1.95. The number of carboxylic acids is 1. The fraction of sp³-hybridized carbons (Fsp3) is 0.593. The summed E-state index contributed by atoms with van der Waals surface area (Å²) >= 11 is 0. The van der Waals surface area contributed by atoms with Gasteiger partial charge in [-0.15, -0.1) is 0 Å². The number of hydrogen-bond acceptors (Lipinski definition) is 8. The van der Waals surface area contributed by atoms with E-state index in [1.807, 2.05) is 42.2 Å². The lowest BCUT2D eigenvalue weighted by Gasteiger charge is -2.31. The zero-order chi connectivity index (χ0) is 29.8.